The molecule has 0 fully saturated rings. The van der Waals surface area contributed by atoms with E-state index in [0.717, 1.165) is 0 Å². The fourth-order valence-electron chi connectivity index (χ4n) is 2.16. The van der Waals surface area contributed by atoms with Gasteiger partial charge in [-0.25, -0.2) is 4.39 Å². The van der Waals surface area contributed by atoms with Crippen LogP contribution in [0, 0.1) is 5.82 Å². The summed E-state index contributed by atoms with van der Waals surface area (Å²) < 4.78 is 30.0. The minimum absolute atomic E-state index is 0. The Bertz CT molecular complexity index is 726. The third-order valence-corrected chi connectivity index (χ3v) is 3.51. The minimum Gasteiger partial charge on any atom is -0.493 e. The van der Waals surface area contributed by atoms with Crippen LogP contribution in [0.2, 0.25) is 0 Å². The fraction of sp³-hybridized carbons (Fsp3) is 0.278. The Morgan fingerprint density at radius 2 is 1.85 bits per heavy atom. The van der Waals surface area contributed by atoms with Crippen LogP contribution in [-0.2, 0) is 9.53 Å². The molecule has 0 saturated heterocycles. The van der Waals surface area contributed by atoms with Crippen molar-refractivity contribution in [2.24, 2.45) is 5.73 Å². The quantitative estimate of drug-likeness (QED) is 0.729. The first-order valence-corrected chi connectivity index (χ1v) is 7.70. The smallest absolute Gasteiger partial charge is 0.227 e. The number of methoxy groups -OCH3 is 2. The lowest BCUT2D eigenvalue weighted by atomic mass is 10.2. The van der Waals surface area contributed by atoms with Gasteiger partial charge in [-0.3, -0.25) is 4.79 Å². The zero-order chi connectivity index (χ0) is 18.2. The maximum Gasteiger partial charge on any atom is 0.227 e. The number of carbonyl (C=O) groups is 1. The monoisotopic (exact) mass is 384 g/mol. The summed E-state index contributed by atoms with van der Waals surface area (Å²) in [5.74, 6) is -0.00150. The van der Waals surface area contributed by atoms with Crippen molar-refractivity contribution >= 4 is 24.0 Å². The van der Waals surface area contributed by atoms with Crippen LogP contribution in [0.15, 0.2) is 42.5 Å². The Labute approximate surface area is 157 Å². The molecule has 3 N–H and O–H groups in total. The molecule has 1 atom stereocenters. The summed E-state index contributed by atoms with van der Waals surface area (Å²) in [5.41, 5.74) is 5.80. The van der Waals surface area contributed by atoms with E-state index >= 15 is 0 Å². The van der Waals surface area contributed by atoms with Crippen molar-refractivity contribution in [3.05, 3.63) is 48.3 Å². The molecule has 26 heavy (non-hydrogen) atoms. The van der Waals surface area contributed by atoms with Crippen molar-refractivity contribution < 1.29 is 23.4 Å². The molecule has 0 aliphatic carbocycles. The molecule has 2 aromatic rings. The SMILES string of the molecule is COc1ccccc1Oc1ccc(NC(=O)CC(CN)OC)cc1F.Cl. The van der Waals surface area contributed by atoms with Gasteiger partial charge in [-0.05, 0) is 24.3 Å². The van der Waals surface area contributed by atoms with E-state index < -0.39 is 5.82 Å². The molecular weight excluding hydrogens is 363 g/mol. The van der Waals surface area contributed by atoms with Gasteiger partial charge in [0.05, 0.1) is 19.6 Å². The van der Waals surface area contributed by atoms with E-state index in [1.807, 2.05) is 0 Å². The highest BCUT2D eigenvalue weighted by molar-refractivity contribution is 5.91. The van der Waals surface area contributed by atoms with E-state index in [1.54, 1.807) is 30.3 Å². The third-order valence-electron chi connectivity index (χ3n) is 3.51. The summed E-state index contributed by atoms with van der Waals surface area (Å²) >= 11 is 0. The molecule has 0 spiro atoms. The van der Waals surface area contributed by atoms with E-state index in [0.29, 0.717) is 17.2 Å². The van der Waals surface area contributed by atoms with Gasteiger partial charge in [0.2, 0.25) is 5.91 Å². The summed E-state index contributed by atoms with van der Waals surface area (Å²) in [4.78, 5) is 11.9. The molecule has 142 valence electrons. The van der Waals surface area contributed by atoms with Crippen molar-refractivity contribution in [2.45, 2.75) is 12.5 Å². The van der Waals surface area contributed by atoms with Crippen molar-refractivity contribution in [3.63, 3.8) is 0 Å². The number of nitrogens with one attached hydrogen (secondary N) is 1. The van der Waals surface area contributed by atoms with Crippen LogP contribution >= 0.6 is 12.4 Å². The maximum absolute atomic E-state index is 14.3. The molecule has 0 aliphatic heterocycles. The van der Waals surface area contributed by atoms with Gasteiger partial charge in [0.25, 0.3) is 0 Å². The van der Waals surface area contributed by atoms with Gasteiger partial charge in [0.1, 0.15) is 0 Å². The first-order chi connectivity index (χ1) is 12.1. The van der Waals surface area contributed by atoms with E-state index in [9.17, 15) is 9.18 Å². The molecule has 2 rings (SSSR count). The van der Waals surface area contributed by atoms with Gasteiger partial charge in [-0.15, -0.1) is 12.4 Å². The van der Waals surface area contributed by atoms with Gasteiger partial charge in [-0.2, -0.15) is 0 Å². The second-order valence-electron chi connectivity index (χ2n) is 5.24. The predicted molar refractivity (Wildman–Crippen MR) is 99.8 cm³/mol. The zero-order valence-electron chi connectivity index (χ0n) is 14.5. The van der Waals surface area contributed by atoms with Crippen LogP contribution in [0.4, 0.5) is 10.1 Å². The topological polar surface area (TPSA) is 82.8 Å². The number of benzene rings is 2. The largest absolute Gasteiger partial charge is 0.493 e. The van der Waals surface area contributed by atoms with Crippen LogP contribution in [0.3, 0.4) is 0 Å². The lowest BCUT2D eigenvalue weighted by Gasteiger charge is -2.14. The minimum atomic E-state index is -0.606. The molecule has 2 aromatic carbocycles. The van der Waals surface area contributed by atoms with Gasteiger partial charge < -0.3 is 25.3 Å². The Morgan fingerprint density at radius 3 is 2.42 bits per heavy atom. The summed E-state index contributed by atoms with van der Waals surface area (Å²) in [6.45, 7) is 0.226. The van der Waals surface area contributed by atoms with Crippen molar-refractivity contribution in [1.82, 2.24) is 0 Å². The normalized spacial score (nSPS) is 11.2. The highest BCUT2D eigenvalue weighted by atomic mass is 35.5. The van der Waals surface area contributed by atoms with E-state index in [-0.39, 0.29) is 43.1 Å². The Hall–Kier alpha value is -2.35. The molecule has 0 bridgehead atoms. The van der Waals surface area contributed by atoms with E-state index in [4.69, 9.17) is 19.9 Å². The maximum atomic E-state index is 14.3. The van der Waals surface area contributed by atoms with Gasteiger partial charge in [-0.1, -0.05) is 12.1 Å². The summed E-state index contributed by atoms with van der Waals surface area (Å²) in [7, 11) is 2.99. The number of carbonyl (C=O) groups excluding carboxylic acids is 1. The van der Waals surface area contributed by atoms with Gasteiger partial charge in [0.15, 0.2) is 23.1 Å². The standard InChI is InChI=1S/C18H21FN2O4.ClH/c1-23-13(11-20)10-18(22)21-12-7-8-15(14(19)9-12)25-17-6-4-3-5-16(17)24-2;/h3-9,13H,10-11,20H2,1-2H3,(H,21,22);1H. The highest BCUT2D eigenvalue weighted by Crippen LogP contribution is 2.33. The second-order valence-corrected chi connectivity index (χ2v) is 5.24. The highest BCUT2D eigenvalue weighted by Gasteiger charge is 2.14. The lowest BCUT2D eigenvalue weighted by molar-refractivity contribution is -0.118. The summed E-state index contributed by atoms with van der Waals surface area (Å²) in [5, 5.41) is 2.60. The Balaban J connectivity index is 0.00000338. The summed E-state index contributed by atoms with van der Waals surface area (Å²) in [6, 6.07) is 11.1. The predicted octanol–water partition coefficient (Wildman–Crippen LogP) is 3.35. The number of para-hydroxylation sites is 2. The van der Waals surface area contributed by atoms with E-state index in [2.05, 4.69) is 5.32 Å². The number of halogens is 2. The van der Waals surface area contributed by atoms with Crippen molar-refractivity contribution in [1.29, 1.82) is 0 Å². The molecule has 8 heteroatoms. The number of anilines is 1. The van der Waals surface area contributed by atoms with Crippen molar-refractivity contribution in [3.8, 4) is 17.2 Å². The first-order valence-electron chi connectivity index (χ1n) is 7.70. The summed E-state index contributed by atoms with van der Waals surface area (Å²) in [6.07, 6.45) is -0.285. The first kappa shape index (κ1) is 21.7. The van der Waals surface area contributed by atoms with Gasteiger partial charge >= 0.3 is 0 Å². The molecule has 0 aliphatic rings. The number of nitrogens with two attached hydrogens (primary N) is 1. The molecule has 0 aromatic heterocycles. The molecule has 0 heterocycles. The second kappa shape index (κ2) is 10.6. The molecule has 1 unspecified atom stereocenters. The lowest BCUT2D eigenvalue weighted by Crippen LogP contribution is -2.28. The number of hydrogen-bond acceptors (Lipinski definition) is 5. The van der Waals surface area contributed by atoms with Crippen molar-refractivity contribution in [2.75, 3.05) is 26.1 Å². The average molecular weight is 385 g/mol. The number of rotatable bonds is 8. The molecular formula is C18H22ClFN2O4. The van der Waals surface area contributed by atoms with E-state index in [1.165, 1.54) is 26.4 Å². The van der Waals surface area contributed by atoms with Crippen LogP contribution < -0.4 is 20.5 Å². The number of hydrogen-bond donors (Lipinski definition) is 2. The van der Waals surface area contributed by atoms with Gasteiger partial charge in [0, 0.05) is 25.4 Å². The third kappa shape index (κ3) is 5.87. The Morgan fingerprint density at radius 1 is 1.15 bits per heavy atom. The molecule has 1 amide bonds. The van der Waals surface area contributed by atoms with Crippen LogP contribution in [0.25, 0.3) is 0 Å². The average Bonchev–Trinajstić information content (AvgIpc) is 2.62. The zero-order valence-corrected chi connectivity index (χ0v) is 15.3. The number of ether oxygens (including phenoxy) is 3. The van der Waals surface area contributed by atoms with Crippen LogP contribution in [0.1, 0.15) is 6.42 Å². The Kier molecular flexibility index (Phi) is 8.84. The number of amides is 1. The van der Waals surface area contributed by atoms with Crippen LogP contribution in [0.5, 0.6) is 17.2 Å². The molecule has 0 radical (unpaired) electrons. The molecule has 0 saturated carbocycles. The fourth-order valence-corrected chi connectivity index (χ4v) is 2.16. The van der Waals surface area contributed by atoms with Crippen LogP contribution in [-0.4, -0.2) is 32.8 Å². The molecule has 6 nitrogen and oxygen atoms in total.